The van der Waals surface area contributed by atoms with Gasteiger partial charge >= 0.3 is 0 Å². The van der Waals surface area contributed by atoms with Crippen molar-refractivity contribution in [2.75, 3.05) is 9.80 Å². The Morgan fingerprint density at radius 2 is 0.630 bits per heavy atom. The van der Waals surface area contributed by atoms with Crippen LogP contribution < -0.4 is 26.2 Å². The van der Waals surface area contributed by atoms with Crippen LogP contribution in [0, 0.1) is 0 Å². The van der Waals surface area contributed by atoms with Gasteiger partial charge in [0.2, 0.25) is 0 Å². The van der Waals surface area contributed by atoms with Crippen molar-refractivity contribution in [1.82, 2.24) is 9.13 Å². The molecule has 2 aliphatic rings. The van der Waals surface area contributed by atoms with E-state index in [1.807, 2.05) is 11.3 Å². The Morgan fingerprint density at radius 3 is 1.05 bits per heavy atom. The number of nitrogens with zero attached hydrogens (tertiary/aromatic N) is 4. The molecule has 3 aromatic heterocycles. The van der Waals surface area contributed by atoms with Crippen LogP contribution in [-0.4, -0.2) is 15.8 Å². The van der Waals surface area contributed by atoms with Gasteiger partial charge < -0.3 is 18.9 Å². The van der Waals surface area contributed by atoms with Gasteiger partial charge in [0.25, 0.3) is 6.71 Å². The third kappa shape index (κ3) is 11.3. The van der Waals surface area contributed by atoms with E-state index in [1.54, 1.807) is 0 Å². The molecule has 0 radical (unpaired) electrons. The highest BCUT2D eigenvalue weighted by molar-refractivity contribution is 7.26. The van der Waals surface area contributed by atoms with Crippen LogP contribution in [0.3, 0.4) is 0 Å². The van der Waals surface area contributed by atoms with Gasteiger partial charge in [-0.25, -0.2) is 0 Å². The molecule has 0 spiro atoms. The molecule has 0 unspecified atom stereocenters. The van der Waals surface area contributed by atoms with Crippen LogP contribution in [0.5, 0.6) is 0 Å². The van der Waals surface area contributed by atoms with Crippen molar-refractivity contribution in [2.45, 2.75) is 157 Å². The largest absolute Gasteiger partial charge is 0.311 e. The summed E-state index contributed by atoms with van der Waals surface area (Å²) in [5, 5.41) is 7.60. The van der Waals surface area contributed by atoms with Crippen molar-refractivity contribution in [3.05, 3.63) is 294 Å². The van der Waals surface area contributed by atoms with Crippen molar-refractivity contribution in [3.63, 3.8) is 0 Å². The first-order valence-corrected chi connectivity index (χ1v) is 39.7. The van der Waals surface area contributed by atoms with E-state index in [9.17, 15) is 0 Å². The van der Waals surface area contributed by atoms with Gasteiger partial charge in [0.15, 0.2) is 0 Å². The van der Waals surface area contributed by atoms with Gasteiger partial charge in [-0.3, -0.25) is 0 Å². The Hall–Kier alpha value is -10.7. The predicted molar refractivity (Wildman–Crippen MR) is 471 cm³/mol. The lowest BCUT2D eigenvalue weighted by Gasteiger charge is -2.46. The van der Waals surface area contributed by atoms with Gasteiger partial charge in [-0.05, 0) is 220 Å². The third-order valence-electron chi connectivity index (χ3n) is 23.6. The molecule has 6 heteroatoms. The lowest BCUT2D eigenvalue weighted by atomic mass is 9.33. The number of hydrogen-bond donors (Lipinski definition) is 0. The number of aromatic nitrogens is 2. The summed E-state index contributed by atoms with van der Waals surface area (Å²) in [5.74, 6) is 0. The van der Waals surface area contributed by atoms with Crippen molar-refractivity contribution in [1.29, 1.82) is 0 Å². The highest BCUT2D eigenvalue weighted by Gasteiger charge is 2.46. The van der Waals surface area contributed by atoms with Crippen molar-refractivity contribution >= 4 is 132 Å². The van der Waals surface area contributed by atoms with Gasteiger partial charge in [-0.1, -0.05) is 270 Å². The maximum absolute atomic E-state index is 2.76. The Kier molecular flexibility index (Phi) is 15.6. The molecule has 13 aromatic carbocycles. The quantitative estimate of drug-likeness (QED) is 0.148. The summed E-state index contributed by atoms with van der Waals surface area (Å²) >= 11 is 1.90. The molecule has 0 saturated heterocycles. The second-order valence-corrected chi connectivity index (χ2v) is 38.2. The molecule has 0 bridgehead atoms. The molecule has 16 aromatic rings. The number of benzene rings is 13. The zero-order valence-corrected chi connectivity index (χ0v) is 66.9. The Morgan fingerprint density at radius 1 is 0.259 bits per heavy atom. The zero-order valence-electron chi connectivity index (χ0n) is 66.1. The Bertz CT molecular complexity index is 6150. The van der Waals surface area contributed by atoms with E-state index in [0.29, 0.717) is 0 Å². The highest BCUT2D eigenvalue weighted by Crippen LogP contribution is 2.56. The molecule has 18 rings (SSSR count). The fourth-order valence-corrected chi connectivity index (χ4v) is 18.6. The van der Waals surface area contributed by atoms with E-state index in [2.05, 4.69) is 404 Å². The van der Waals surface area contributed by atoms with Gasteiger partial charge in [0.1, 0.15) is 0 Å². The minimum Gasteiger partial charge on any atom is -0.311 e. The molecule has 0 aliphatic carbocycles. The molecule has 534 valence electrons. The summed E-state index contributed by atoms with van der Waals surface area (Å²) in [6.07, 6.45) is 0. The van der Waals surface area contributed by atoms with E-state index >= 15 is 0 Å². The van der Waals surface area contributed by atoms with Gasteiger partial charge in [-0.2, -0.15) is 0 Å². The summed E-state index contributed by atoms with van der Waals surface area (Å²) in [5.41, 5.74) is 32.0. The molecular formula is C102H97BN4S. The molecule has 0 N–H and O–H groups in total. The highest BCUT2D eigenvalue weighted by atomic mass is 32.1. The van der Waals surface area contributed by atoms with E-state index in [4.69, 9.17) is 0 Å². The molecule has 0 atom stereocenters. The molecule has 5 heterocycles. The molecule has 0 amide bonds. The van der Waals surface area contributed by atoms with Crippen LogP contribution in [-0.2, 0) is 32.5 Å². The topological polar surface area (TPSA) is 16.3 Å². The van der Waals surface area contributed by atoms with E-state index in [-0.39, 0.29) is 39.2 Å². The first-order valence-electron chi connectivity index (χ1n) is 38.9. The van der Waals surface area contributed by atoms with Gasteiger partial charge in [0.05, 0.1) is 33.4 Å². The first-order chi connectivity index (χ1) is 51.3. The summed E-state index contributed by atoms with van der Waals surface area (Å²) in [6.45, 7) is 42.2. The van der Waals surface area contributed by atoms with Gasteiger partial charge in [-0.15, -0.1) is 11.3 Å². The second-order valence-electron chi connectivity index (χ2n) is 37.1. The van der Waals surface area contributed by atoms with Gasteiger partial charge in [0, 0.05) is 87.0 Å². The number of hydrogen-bond acceptors (Lipinski definition) is 3. The van der Waals surface area contributed by atoms with E-state index in [0.717, 1.165) is 34.1 Å². The molecule has 0 saturated carbocycles. The van der Waals surface area contributed by atoms with Crippen LogP contribution in [0.4, 0.5) is 34.1 Å². The SMILES string of the molecule is CC(C)(C)c1cc(-c2ccccc2)c(N2c3cc(-n4c5ccc(C(C)(C)C)cc5c5cc(C(C)(C)C)ccc54)ccc3B3c4ccc(-n5c6ccc(C(C)(C)C)cc6c6cc(C(C)(C)C)ccc65)cc4N(c4cc(-c5ccccc5)cc5sc6ccccc6c45)c4cc(C(C)(C)C)cc2c43)c(-c2ccccc2)c1. The summed E-state index contributed by atoms with van der Waals surface area (Å²) in [7, 11) is 0. The zero-order chi connectivity index (χ0) is 75.2. The van der Waals surface area contributed by atoms with Crippen LogP contribution in [0.2, 0.25) is 0 Å². The lowest BCUT2D eigenvalue weighted by Crippen LogP contribution is -2.61. The summed E-state index contributed by atoms with van der Waals surface area (Å²) < 4.78 is 7.68. The molecule has 0 fully saturated rings. The van der Waals surface area contributed by atoms with Crippen LogP contribution in [0.25, 0.3) is 109 Å². The summed E-state index contributed by atoms with van der Waals surface area (Å²) in [4.78, 5) is 5.50. The minimum absolute atomic E-state index is 0.0509. The monoisotopic (exact) mass is 1420 g/mol. The molecular weight excluding hydrogens is 1320 g/mol. The normalized spacial score (nSPS) is 13.6. The maximum Gasteiger partial charge on any atom is 0.252 e. The standard InChI is InChI=1S/C102H97BN4S/c1-97(2,3)66-38-46-83-77(52-66)78-53-67(98(4,5)6)39-47-84(78)104(83)72-42-44-81-87(60-72)106(89-50-65(62-30-22-19-23-31-62)51-93-94(89)74-36-28-29-37-92(74)108-93)90-58-71(102(16,17)18)59-91-95(90)103(81)82-45-43-73(105-85-48-40-68(99(7,8)9)54-79(85)80-55-69(100(10,11)12)41-49-86(80)105)61-88(82)107(91)96-75(63-32-24-20-25-33-63)56-70(101(13,14)15)57-76(96)64-34-26-21-27-35-64/h19-61H,1-18H3. The first kappa shape index (κ1) is 69.1. The predicted octanol–water partition coefficient (Wildman–Crippen LogP) is 27.1. The number of thiophene rings is 1. The maximum atomic E-state index is 2.76. The fourth-order valence-electron chi connectivity index (χ4n) is 17.4. The average Bonchev–Trinajstić information content (AvgIpc) is 1.03. The third-order valence-corrected chi connectivity index (χ3v) is 24.7. The average molecular weight is 1420 g/mol. The number of rotatable bonds is 7. The van der Waals surface area contributed by atoms with Crippen molar-refractivity contribution < 1.29 is 0 Å². The van der Waals surface area contributed by atoms with Crippen molar-refractivity contribution in [2.24, 2.45) is 0 Å². The smallest absolute Gasteiger partial charge is 0.252 e. The summed E-state index contributed by atoms with van der Waals surface area (Å²) in [6, 6.07) is 102. The fraction of sp³-hybridized carbons (Fsp3) is 0.235. The Balaban J connectivity index is 1.02. The van der Waals surface area contributed by atoms with Crippen LogP contribution in [0.1, 0.15) is 158 Å². The molecule has 2 aliphatic heterocycles. The number of fused-ring (bicyclic) bond motifs is 13. The number of anilines is 6. The van der Waals surface area contributed by atoms with E-state index in [1.165, 1.54) is 158 Å². The molecule has 108 heavy (non-hydrogen) atoms. The second kappa shape index (κ2) is 24.4. The van der Waals surface area contributed by atoms with Crippen molar-refractivity contribution in [3.8, 4) is 44.8 Å². The van der Waals surface area contributed by atoms with E-state index < -0.39 is 0 Å². The molecule has 4 nitrogen and oxygen atoms in total. The minimum atomic E-state index is -0.318. The van der Waals surface area contributed by atoms with Crippen LogP contribution in [0.15, 0.2) is 261 Å². The lowest BCUT2D eigenvalue weighted by molar-refractivity contribution is 0.590. The van der Waals surface area contributed by atoms with Crippen LogP contribution >= 0.6 is 11.3 Å². The Labute approximate surface area is 643 Å².